The van der Waals surface area contributed by atoms with Crippen molar-refractivity contribution in [3.8, 4) is 0 Å². The van der Waals surface area contributed by atoms with E-state index in [2.05, 4.69) is 32.6 Å². The Kier molecular flexibility index (Phi) is 7.61. The average Bonchev–Trinajstić information content (AvgIpc) is 2.98. The highest BCUT2D eigenvalue weighted by Gasteiger charge is 2.50. The fourth-order valence-electron chi connectivity index (χ4n) is 6.32. The summed E-state index contributed by atoms with van der Waals surface area (Å²) in [6, 6.07) is 0. The van der Waals surface area contributed by atoms with Crippen LogP contribution in [0.3, 0.4) is 0 Å². The lowest BCUT2D eigenvalue weighted by atomic mass is 9.61. The minimum Gasteiger partial charge on any atom is -0.392 e. The lowest BCUT2D eigenvalue weighted by Gasteiger charge is -2.43. The largest absolute Gasteiger partial charge is 0.392 e. The van der Waals surface area contributed by atoms with Gasteiger partial charge in [0, 0.05) is 11.8 Å². The van der Waals surface area contributed by atoms with Crippen molar-refractivity contribution in [3.63, 3.8) is 0 Å². The molecule has 0 heterocycles. The molecule has 0 amide bonds. The first-order chi connectivity index (χ1) is 14.8. The summed E-state index contributed by atoms with van der Waals surface area (Å²) in [5.74, 6) is 0.252. The first kappa shape index (κ1) is 25.4. The van der Waals surface area contributed by atoms with Crippen molar-refractivity contribution in [1.82, 2.24) is 0 Å². The van der Waals surface area contributed by atoms with Gasteiger partial charge in [0.1, 0.15) is 0 Å². The van der Waals surface area contributed by atoms with E-state index >= 15 is 0 Å². The van der Waals surface area contributed by atoms with Gasteiger partial charge in [0.25, 0.3) is 0 Å². The van der Waals surface area contributed by atoms with Gasteiger partial charge in [-0.3, -0.25) is 0 Å². The molecule has 3 rings (SSSR count). The Morgan fingerprint density at radius 2 is 1.94 bits per heavy atom. The number of hydrogen-bond acceptors (Lipinski definition) is 4. The van der Waals surface area contributed by atoms with E-state index in [1.54, 1.807) is 0 Å². The smallest absolute Gasteiger partial charge is 0.0837 e. The molecule has 3 aliphatic carbocycles. The van der Waals surface area contributed by atoms with Crippen LogP contribution < -0.4 is 0 Å². The topological polar surface area (TPSA) is 80.9 Å². The van der Waals surface area contributed by atoms with E-state index in [0.717, 1.165) is 44.1 Å². The van der Waals surface area contributed by atoms with Gasteiger partial charge in [-0.1, -0.05) is 63.1 Å². The summed E-state index contributed by atoms with van der Waals surface area (Å²) < 4.78 is 0. The molecule has 2 fully saturated rings. The van der Waals surface area contributed by atoms with Gasteiger partial charge in [-0.2, -0.15) is 0 Å². The monoisotopic (exact) mass is 444 g/mol. The molecular formula is C28H44O4. The lowest BCUT2D eigenvalue weighted by Crippen LogP contribution is -2.37. The van der Waals surface area contributed by atoms with E-state index in [1.807, 2.05) is 26.8 Å². The Hall–Kier alpha value is -1.20. The SMILES string of the molecule is C=C1/C(=C\C=C2/CCC[C@]3(C)C([C@H](C)CCCC(C)(C)O)=C[C@H](O)[C@@H]23)C[C@@H](O)[C@H](C)[C@@H]1O. The van der Waals surface area contributed by atoms with Crippen LogP contribution >= 0.6 is 0 Å². The van der Waals surface area contributed by atoms with Crippen LogP contribution in [0.15, 0.2) is 47.1 Å². The van der Waals surface area contributed by atoms with Crippen molar-refractivity contribution in [2.45, 2.75) is 103 Å². The van der Waals surface area contributed by atoms with Gasteiger partial charge in [0.2, 0.25) is 0 Å². The Labute approximate surface area is 194 Å². The second-order valence-electron chi connectivity index (χ2n) is 11.5. The van der Waals surface area contributed by atoms with Gasteiger partial charge in [-0.25, -0.2) is 0 Å². The van der Waals surface area contributed by atoms with Crippen molar-refractivity contribution in [2.75, 3.05) is 0 Å². The fourth-order valence-corrected chi connectivity index (χ4v) is 6.32. The zero-order chi connectivity index (χ0) is 23.8. The summed E-state index contributed by atoms with van der Waals surface area (Å²) in [4.78, 5) is 0. The third-order valence-electron chi connectivity index (χ3n) is 8.36. The van der Waals surface area contributed by atoms with E-state index < -0.39 is 23.9 Å². The Balaban J connectivity index is 1.78. The molecule has 0 aromatic rings. The van der Waals surface area contributed by atoms with Gasteiger partial charge in [-0.05, 0) is 74.9 Å². The van der Waals surface area contributed by atoms with Crippen molar-refractivity contribution >= 4 is 0 Å². The predicted molar refractivity (Wildman–Crippen MR) is 130 cm³/mol. The average molecular weight is 445 g/mol. The van der Waals surface area contributed by atoms with Crippen molar-refractivity contribution in [1.29, 1.82) is 0 Å². The van der Waals surface area contributed by atoms with Crippen molar-refractivity contribution in [2.24, 2.45) is 23.2 Å². The summed E-state index contributed by atoms with van der Waals surface area (Å²) in [7, 11) is 0. The molecule has 0 radical (unpaired) electrons. The van der Waals surface area contributed by atoms with Gasteiger partial charge in [0.05, 0.1) is 23.9 Å². The summed E-state index contributed by atoms with van der Waals surface area (Å²) in [6.07, 6.45) is 10.9. The van der Waals surface area contributed by atoms with Gasteiger partial charge < -0.3 is 20.4 Å². The van der Waals surface area contributed by atoms with E-state index in [1.165, 1.54) is 11.1 Å². The Morgan fingerprint density at radius 1 is 1.25 bits per heavy atom. The third kappa shape index (κ3) is 5.14. The molecule has 4 nitrogen and oxygen atoms in total. The first-order valence-electron chi connectivity index (χ1n) is 12.4. The molecule has 4 N–H and O–H groups in total. The van der Waals surface area contributed by atoms with Crippen LogP contribution in [0.25, 0.3) is 0 Å². The summed E-state index contributed by atoms with van der Waals surface area (Å²) >= 11 is 0. The number of hydrogen-bond donors (Lipinski definition) is 4. The summed E-state index contributed by atoms with van der Waals surface area (Å²) in [5, 5.41) is 41.8. The van der Waals surface area contributed by atoms with Gasteiger partial charge in [-0.15, -0.1) is 0 Å². The van der Waals surface area contributed by atoms with E-state index in [4.69, 9.17) is 0 Å². The standard InChI is InChI=1S/C28H44O4/c1-17(9-7-13-27(4,5)32)22-16-24(30)25-20(10-8-14-28(22,25)6)11-12-21-15-23(29)19(3)26(31)18(21)2/h11-12,16-17,19,23-26,29-32H,2,7-10,13-15H2,1,3-6H3/b20-11+,21-12-/t17-,19+,23-,24+,25-,26-,28-/m1/s1. The molecule has 7 atom stereocenters. The van der Waals surface area contributed by atoms with Crippen LogP contribution in [-0.4, -0.2) is 44.3 Å². The van der Waals surface area contributed by atoms with Crippen molar-refractivity contribution < 1.29 is 20.4 Å². The number of fused-ring (bicyclic) bond motifs is 1. The fraction of sp³-hybridized carbons (Fsp3) is 0.714. The normalized spacial score (nSPS) is 39.3. The van der Waals surface area contributed by atoms with Crippen LogP contribution in [-0.2, 0) is 0 Å². The highest BCUT2D eigenvalue weighted by Crippen LogP contribution is 2.57. The molecule has 32 heavy (non-hydrogen) atoms. The maximum atomic E-state index is 11.1. The second kappa shape index (κ2) is 9.58. The maximum Gasteiger partial charge on any atom is 0.0837 e. The zero-order valence-corrected chi connectivity index (χ0v) is 20.6. The van der Waals surface area contributed by atoms with E-state index in [-0.39, 0.29) is 17.3 Å². The molecule has 0 aromatic carbocycles. The molecule has 0 spiro atoms. The summed E-state index contributed by atoms with van der Waals surface area (Å²) in [6.45, 7) is 14.2. The summed E-state index contributed by atoms with van der Waals surface area (Å²) in [5.41, 5.74) is 3.54. The maximum absolute atomic E-state index is 11.1. The second-order valence-corrected chi connectivity index (χ2v) is 11.5. The molecule has 180 valence electrons. The van der Waals surface area contributed by atoms with Crippen molar-refractivity contribution in [3.05, 3.63) is 47.1 Å². The molecule has 0 saturated heterocycles. The van der Waals surface area contributed by atoms with Crippen LogP contribution in [0, 0.1) is 23.2 Å². The van der Waals surface area contributed by atoms with Crippen LogP contribution in [0.2, 0.25) is 0 Å². The quantitative estimate of drug-likeness (QED) is 0.442. The van der Waals surface area contributed by atoms with Crippen LogP contribution in [0.4, 0.5) is 0 Å². The minimum absolute atomic E-state index is 0.0483. The first-order valence-corrected chi connectivity index (χ1v) is 12.4. The number of rotatable bonds is 6. The predicted octanol–water partition coefficient (Wildman–Crippen LogP) is 4.84. The Morgan fingerprint density at radius 3 is 2.59 bits per heavy atom. The molecule has 3 aliphatic rings. The molecule has 0 bridgehead atoms. The third-order valence-corrected chi connectivity index (χ3v) is 8.36. The van der Waals surface area contributed by atoms with Gasteiger partial charge in [0.15, 0.2) is 0 Å². The van der Waals surface area contributed by atoms with Gasteiger partial charge >= 0.3 is 0 Å². The van der Waals surface area contributed by atoms with Crippen LogP contribution in [0.1, 0.15) is 79.6 Å². The highest BCUT2D eigenvalue weighted by atomic mass is 16.3. The van der Waals surface area contributed by atoms with E-state index in [9.17, 15) is 20.4 Å². The highest BCUT2D eigenvalue weighted by molar-refractivity contribution is 5.41. The van der Waals surface area contributed by atoms with Crippen LogP contribution in [0.5, 0.6) is 0 Å². The molecule has 0 aromatic heterocycles. The molecule has 4 heteroatoms. The van der Waals surface area contributed by atoms with E-state index in [0.29, 0.717) is 17.9 Å². The zero-order valence-electron chi connectivity index (χ0n) is 20.6. The molecule has 0 aliphatic heterocycles. The lowest BCUT2D eigenvalue weighted by molar-refractivity contribution is 0.0283. The Bertz CT molecular complexity index is 799. The number of allylic oxidation sites excluding steroid dienone is 3. The number of aliphatic hydroxyl groups is 4. The molecule has 0 unspecified atom stereocenters. The number of aliphatic hydroxyl groups excluding tert-OH is 3. The minimum atomic E-state index is -0.713. The molecule has 2 saturated carbocycles. The molecular weight excluding hydrogens is 400 g/mol.